The van der Waals surface area contributed by atoms with Crippen molar-refractivity contribution in [1.29, 1.82) is 0 Å². The Morgan fingerprint density at radius 2 is 1.77 bits per heavy atom. The largest absolute Gasteiger partial charge is 0.496 e. The first kappa shape index (κ1) is 22.5. The van der Waals surface area contributed by atoms with E-state index < -0.39 is 11.0 Å². The second-order valence-electron chi connectivity index (χ2n) is 7.43. The summed E-state index contributed by atoms with van der Waals surface area (Å²) in [6.45, 7) is 8.62. The van der Waals surface area contributed by atoms with E-state index in [1.807, 2.05) is 18.2 Å². The van der Waals surface area contributed by atoms with Gasteiger partial charge in [-0.2, -0.15) is 0 Å². The number of amides is 2. The van der Waals surface area contributed by atoms with Crippen LogP contribution in [0.2, 0.25) is 0 Å². The van der Waals surface area contributed by atoms with Crippen molar-refractivity contribution in [3.05, 3.63) is 63.7 Å². The Bertz CT molecular complexity index is 913. The fourth-order valence-corrected chi connectivity index (χ4v) is 3.63. The lowest BCUT2D eigenvalue weighted by Gasteiger charge is -2.34. The van der Waals surface area contributed by atoms with E-state index in [1.54, 1.807) is 6.07 Å². The standard InChI is InChI=1S/C22H29N5O4/c1-3-25-10-12-26(13-11-25)16-18-7-5-4-6-17(18)15-23-22(28)24-20-9-8-19(31-2)14-21(20)27(29)30/h4-9,14H,3,10-13,15-16H2,1-2H3,(H2,23,24,28). The van der Waals surface area contributed by atoms with E-state index in [0.29, 0.717) is 12.3 Å². The molecule has 0 aliphatic carbocycles. The number of methoxy groups -OCH3 is 1. The molecule has 0 aromatic heterocycles. The first-order valence-electron chi connectivity index (χ1n) is 10.4. The molecule has 9 nitrogen and oxygen atoms in total. The maximum Gasteiger partial charge on any atom is 0.319 e. The summed E-state index contributed by atoms with van der Waals surface area (Å²) in [5.41, 5.74) is 2.09. The number of nitro groups is 1. The van der Waals surface area contributed by atoms with Crippen LogP contribution in [0.5, 0.6) is 5.75 Å². The second kappa shape index (κ2) is 10.7. The first-order chi connectivity index (χ1) is 15.0. The second-order valence-corrected chi connectivity index (χ2v) is 7.43. The van der Waals surface area contributed by atoms with Gasteiger partial charge in [-0.05, 0) is 29.8 Å². The number of nitrogens with zero attached hydrogens (tertiary/aromatic N) is 3. The third kappa shape index (κ3) is 6.16. The zero-order valence-electron chi connectivity index (χ0n) is 18.0. The number of hydrogen-bond acceptors (Lipinski definition) is 6. The molecule has 2 amide bonds. The molecule has 0 saturated carbocycles. The van der Waals surface area contributed by atoms with Gasteiger partial charge in [0.15, 0.2) is 0 Å². The lowest BCUT2D eigenvalue weighted by molar-refractivity contribution is -0.384. The average molecular weight is 428 g/mol. The van der Waals surface area contributed by atoms with E-state index in [0.717, 1.165) is 44.8 Å². The minimum absolute atomic E-state index is 0.116. The molecule has 9 heteroatoms. The molecule has 0 atom stereocenters. The van der Waals surface area contributed by atoms with Crippen molar-refractivity contribution in [1.82, 2.24) is 15.1 Å². The fourth-order valence-electron chi connectivity index (χ4n) is 3.63. The topological polar surface area (TPSA) is 100.0 Å². The number of piperazine rings is 1. The van der Waals surface area contributed by atoms with E-state index in [2.05, 4.69) is 33.4 Å². The van der Waals surface area contributed by atoms with E-state index in [9.17, 15) is 14.9 Å². The molecule has 1 saturated heterocycles. The van der Waals surface area contributed by atoms with Crippen molar-refractivity contribution in [2.24, 2.45) is 0 Å². The van der Waals surface area contributed by atoms with Gasteiger partial charge in [0.05, 0.1) is 18.1 Å². The number of likely N-dealkylation sites (N-methyl/N-ethyl adjacent to an activating group) is 1. The Labute approximate surface area is 182 Å². The number of ether oxygens (including phenoxy) is 1. The molecule has 1 aliphatic rings. The summed E-state index contributed by atoms with van der Waals surface area (Å²) in [4.78, 5) is 28.0. The third-order valence-electron chi connectivity index (χ3n) is 5.51. The predicted molar refractivity (Wildman–Crippen MR) is 119 cm³/mol. The zero-order chi connectivity index (χ0) is 22.2. The van der Waals surface area contributed by atoms with Crippen LogP contribution < -0.4 is 15.4 Å². The van der Waals surface area contributed by atoms with Gasteiger partial charge in [-0.15, -0.1) is 0 Å². The van der Waals surface area contributed by atoms with Crippen LogP contribution in [-0.4, -0.2) is 60.6 Å². The van der Waals surface area contributed by atoms with Gasteiger partial charge in [0.1, 0.15) is 11.4 Å². The molecule has 2 aromatic carbocycles. The molecule has 0 unspecified atom stereocenters. The van der Waals surface area contributed by atoms with Crippen LogP contribution in [0.3, 0.4) is 0 Å². The number of hydrogen-bond donors (Lipinski definition) is 2. The summed E-state index contributed by atoms with van der Waals surface area (Å²) in [5.74, 6) is 0.353. The highest BCUT2D eigenvalue weighted by Gasteiger charge is 2.18. The molecule has 166 valence electrons. The highest BCUT2D eigenvalue weighted by Crippen LogP contribution is 2.28. The number of benzene rings is 2. The number of nitro benzene ring substituents is 1. The van der Waals surface area contributed by atoms with Gasteiger partial charge in [0, 0.05) is 39.3 Å². The van der Waals surface area contributed by atoms with Gasteiger partial charge in [0.25, 0.3) is 5.69 Å². The lowest BCUT2D eigenvalue weighted by atomic mass is 10.1. The van der Waals surface area contributed by atoms with E-state index in [1.165, 1.54) is 24.8 Å². The van der Waals surface area contributed by atoms with Crippen molar-refractivity contribution in [2.45, 2.75) is 20.0 Å². The number of nitrogens with one attached hydrogen (secondary N) is 2. The monoisotopic (exact) mass is 427 g/mol. The van der Waals surface area contributed by atoms with Crippen molar-refractivity contribution >= 4 is 17.4 Å². The summed E-state index contributed by atoms with van der Waals surface area (Å²) in [7, 11) is 1.43. The first-order valence-corrected chi connectivity index (χ1v) is 10.4. The smallest absolute Gasteiger partial charge is 0.319 e. The van der Waals surface area contributed by atoms with Crippen LogP contribution in [0.1, 0.15) is 18.1 Å². The Hall–Kier alpha value is -3.17. The zero-order valence-corrected chi connectivity index (χ0v) is 18.0. The molecule has 31 heavy (non-hydrogen) atoms. The summed E-state index contributed by atoms with van der Waals surface area (Å²) in [6, 6.07) is 11.8. The quantitative estimate of drug-likeness (QED) is 0.496. The van der Waals surface area contributed by atoms with Crippen LogP contribution in [0.15, 0.2) is 42.5 Å². The van der Waals surface area contributed by atoms with E-state index >= 15 is 0 Å². The summed E-state index contributed by atoms with van der Waals surface area (Å²) < 4.78 is 5.02. The normalized spacial score (nSPS) is 14.8. The lowest BCUT2D eigenvalue weighted by Crippen LogP contribution is -2.45. The minimum atomic E-state index is -0.550. The van der Waals surface area contributed by atoms with Crippen molar-refractivity contribution in [3.8, 4) is 5.75 Å². The Morgan fingerprint density at radius 3 is 2.42 bits per heavy atom. The molecule has 0 radical (unpaired) electrons. The summed E-state index contributed by atoms with van der Waals surface area (Å²) in [5, 5.41) is 16.7. The van der Waals surface area contributed by atoms with E-state index in [4.69, 9.17) is 4.74 Å². The predicted octanol–water partition coefficient (Wildman–Crippen LogP) is 3.06. The Balaban J connectivity index is 1.59. The van der Waals surface area contributed by atoms with Gasteiger partial charge >= 0.3 is 6.03 Å². The Kier molecular flexibility index (Phi) is 7.80. The number of rotatable bonds is 8. The number of urea groups is 1. The number of carbonyl (C=O) groups excluding carboxylic acids is 1. The molecule has 1 fully saturated rings. The number of anilines is 1. The number of carbonyl (C=O) groups is 1. The van der Waals surface area contributed by atoms with Gasteiger partial charge in [-0.25, -0.2) is 4.79 Å². The van der Waals surface area contributed by atoms with Gasteiger partial charge in [-0.1, -0.05) is 31.2 Å². The van der Waals surface area contributed by atoms with Crippen LogP contribution >= 0.6 is 0 Å². The highest BCUT2D eigenvalue weighted by atomic mass is 16.6. The molecule has 2 N–H and O–H groups in total. The van der Waals surface area contributed by atoms with Gasteiger partial charge in [-0.3, -0.25) is 15.0 Å². The minimum Gasteiger partial charge on any atom is -0.496 e. The molecule has 3 rings (SSSR count). The van der Waals surface area contributed by atoms with Crippen LogP contribution in [0, 0.1) is 10.1 Å². The maximum absolute atomic E-state index is 12.4. The molecule has 1 aliphatic heterocycles. The highest BCUT2D eigenvalue weighted by molar-refractivity contribution is 5.92. The van der Waals surface area contributed by atoms with Crippen LogP contribution in [-0.2, 0) is 13.1 Å². The van der Waals surface area contributed by atoms with Crippen LogP contribution in [0.4, 0.5) is 16.2 Å². The van der Waals surface area contributed by atoms with Gasteiger partial charge < -0.3 is 20.3 Å². The van der Waals surface area contributed by atoms with Crippen molar-refractivity contribution < 1.29 is 14.5 Å². The molecule has 0 spiro atoms. The summed E-state index contributed by atoms with van der Waals surface area (Å²) >= 11 is 0. The molecule has 1 heterocycles. The molecule has 0 bridgehead atoms. The maximum atomic E-state index is 12.4. The summed E-state index contributed by atoms with van der Waals surface area (Å²) in [6.07, 6.45) is 0. The van der Waals surface area contributed by atoms with Crippen molar-refractivity contribution in [2.75, 3.05) is 45.2 Å². The van der Waals surface area contributed by atoms with Gasteiger partial charge in [0.2, 0.25) is 0 Å². The van der Waals surface area contributed by atoms with E-state index in [-0.39, 0.29) is 11.4 Å². The molecule has 2 aromatic rings. The Morgan fingerprint density at radius 1 is 1.10 bits per heavy atom. The van der Waals surface area contributed by atoms with Crippen molar-refractivity contribution in [3.63, 3.8) is 0 Å². The SMILES string of the molecule is CCN1CCN(Cc2ccccc2CNC(=O)Nc2ccc(OC)cc2[N+](=O)[O-])CC1. The molecular weight excluding hydrogens is 398 g/mol. The average Bonchev–Trinajstić information content (AvgIpc) is 2.79. The molecular formula is C22H29N5O4. The fraction of sp³-hybridized carbons (Fsp3) is 0.409. The third-order valence-corrected chi connectivity index (χ3v) is 5.51. The van der Waals surface area contributed by atoms with Crippen LogP contribution in [0.25, 0.3) is 0 Å².